The highest BCUT2D eigenvalue weighted by Crippen LogP contribution is 2.42. The maximum atomic E-state index is 6.11. The summed E-state index contributed by atoms with van der Waals surface area (Å²) in [6.45, 7) is 4.15. The summed E-state index contributed by atoms with van der Waals surface area (Å²) < 4.78 is 6.11. The molecule has 3 heterocycles. The largest absolute Gasteiger partial charge is 0.377 e. The number of benzene rings is 1. The van der Waals surface area contributed by atoms with Crippen molar-refractivity contribution in [1.82, 2.24) is 9.88 Å². The van der Waals surface area contributed by atoms with Crippen LogP contribution >= 0.6 is 0 Å². The first kappa shape index (κ1) is 15.6. The molecule has 1 atom stereocenters. The number of ether oxygens (including phenoxy) is 1. The summed E-state index contributed by atoms with van der Waals surface area (Å²) in [6, 6.07) is 14.9. The summed E-state index contributed by atoms with van der Waals surface area (Å²) >= 11 is 0. The molecule has 2 aliphatic rings. The minimum atomic E-state index is 0.376. The van der Waals surface area contributed by atoms with Gasteiger partial charge >= 0.3 is 0 Å². The second-order valence-electron chi connectivity index (χ2n) is 7.23. The fraction of sp³-hybridized carbons (Fsp3) is 0.450. The van der Waals surface area contributed by atoms with Crippen LogP contribution in [0.25, 0.3) is 0 Å². The molecule has 2 fully saturated rings. The van der Waals surface area contributed by atoms with Gasteiger partial charge in [-0.25, -0.2) is 4.98 Å². The van der Waals surface area contributed by atoms with E-state index in [0.29, 0.717) is 11.5 Å². The van der Waals surface area contributed by atoms with Crippen molar-refractivity contribution in [3.8, 4) is 0 Å². The predicted octanol–water partition coefficient (Wildman–Crippen LogP) is 2.96. The van der Waals surface area contributed by atoms with Gasteiger partial charge in [0, 0.05) is 43.9 Å². The summed E-state index contributed by atoms with van der Waals surface area (Å²) in [7, 11) is 1.93. The minimum absolute atomic E-state index is 0.376. The molecule has 1 unspecified atom stereocenters. The number of likely N-dealkylation sites (tertiary alicyclic amines) is 1. The fourth-order valence-electron chi connectivity index (χ4n) is 4.17. The molecule has 1 aromatic heterocycles. The predicted molar refractivity (Wildman–Crippen MR) is 96.0 cm³/mol. The van der Waals surface area contributed by atoms with Gasteiger partial charge in [-0.3, -0.25) is 4.90 Å². The van der Waals surface area contributed by atoms with Crippen LogP contribution in [0.4, 0.5) is 5.82 Å². The lowest BCUT2D eigenvalue weighted by Crippen LogP contribution is -2.56. The number of aromatic nitrogens is 1. The number of hydrogen-bond acceptors (Lipinski definition) is 4. The van der Waals surface area contributed by atoms with Crippen molar-refractivity contribution in [2.75, 3.05) is 32.1 Å². The lowest BCUT2D eigenvalue weighted by molar-refractivity contribution is -0.0139. The normalized spacial score (nSPS) is 22.5. The van der Waals surface area contributed by atoms with E-state index in [1.165, 1.54) is 17.5 Å². The Morgan fingerprint density at radius 3 is 2.83 bits per heavy atom. The molecule has 0 bridgehead atoms. The lowest BCUT2D eigenvalue weighted by atomic mass is 9.77. The number of nitrogens with one attached hydrogen (secondary N) is 1. The van der Waals surface area contributed by atoms with Crippen molar-refractivity contribution < 1.29 is 4.74 Å². The Kier molecular flexibility index (Phi) is 4.25. The number of nitrogens with zero attached hydrogens (tertiary/aromatic N) is 2. The Labute approximate surface area is 143 Å². The third-order valence-corrected chi connectivity index (χ3v) is 5.23. The maximum absolute atomic E-state index is 6.11. The summed E-state index contributed by atoms with van der Waals surface area (Å²) in [5.74, 6) is 0.989. The second kappa shape index (κ2) is 6.54. The van der Waals surface area contributed by atoms with Gasteiger partial charge in [0.05, 0.1) is 12.7 Å². The summed E-state index contributed by atoms with van der Waals surface area (Å²) in [6.07, 6.45) is 4.44. The van der Waals surface area contributed by atoms with Gasteiger partial charge in [0.15, 0.2) is 0 Å². The molecule has 4 heteroatoms. The van der Waals surface area contributed by atoms with Crippen LogP contribution in [0.3, 0.4) is 0 Å². The highest BCUT2D eigenvalue weighted by atomic mass is 16.5. The second-order valence-corrected chi connectivity index (χ2v) is 7.23. The Bertz CT molecular complexity index is 682. The Balaban J connectivity index is 1.31. The molecule has 0 amide bonds. The molecule has 1 spiro atoms. The Morgan fingerprint density at radius 1 is 1.21 bits per heavy atom. The monoisotopic (exact) mass is 323 g/mol. The zero-order valence-corrected chi connectivity index (χ0v) is 14.2. The third kappa shape index (κ3) is 3.17. The van der Waals surface area contributed by atoms with Crippen LogP contribution in [0.15, 0.2) is 48.7 Å². The molecule has 0 aliphatic carbocycles. The smallest absolute Gasteiger partial charge is 0.130 e. The first-order valence-corrected chi connectivity index (χ1v) is 8.76. The van der Waals surface area contributed by atoms with Crippen molar-refractivity contribution >= 4 is 5.82 Å². The lowest BCUT2D eigenvalue weighted by Gasteiger charge is -2.47. The van der Waals surface area contributed by atoms with Crippen molar-refractivity contribution in [2.45, 2.75) is 25.5 Å². The summed E-state index contributed by atoms with van der Waals surface area (Å²) in [5, 5.41) is 3.18. The number of hydrogen-bond donors (Lipinski definition) is 1. The van der Waals surface area contributed by atoms with E-state index in [0.717, 1.165) is 38.5 Å². The van der Waals surface area contributed by atoms with Crippen molar-refractivity contribution in [3.63, 3.8) is 0 Å². The van der Waals surface area contributed by atoms with Crippen LogP contribution in [0.1, 0.15) is 17.5 Å². The van der Waals surface area contributed by atoms with Gasteiger partial charge in [-0.05, 0) is 24.5 Å². The van der Waals surface area contributed by atoms with Crippen LogP contribution in [0.2, 0.25) is 0 Å². The van der Waals surface area contributed by atoms with E-state index in [2.05, 4.69) is 51.6 Å². The summed E-state index contributed by atoms with van der Waals surface area (Å²) in [5.41, 5.74) is 3.03. The van der Waals surface area contributed by atoms with Gasteiger partial charge in [0.1, 0.15) is 5.82 Å². The standard InChI is InChI=1S/C20H25N3O/c1-21-19-17(8-5-9-22-19)12-23-13-20(14-23)11-18(24-15-20)10-16-6-3-2-4-7-16/h2-9,18H,10-15H2,1H3,(H,21,22). The quantitative estimate of drug-likeness (QED) is 0.918. The minimum Gasteiger partial charge on any atom is -0.377 e. The molecule has 4 rings (SSSR count). The van der Waals surface area contributed by atoms with E-state index in [9.17, 15) is 0 Å². The fourth-order valence-corrected chi connectivity index (χ4v) is 4.17. The maximum Gasteiger partial charge on any atom is 0.130 e. The molecule has 2 aliphatic heterocycles. The number of anilines is 1. The van der Waals surface area contributed by atoms with Crippen LogP contribution < -0.4 is 5.32 Å². The van der Waals surface area contributed by atoms with Crippen LogP contribution in [0, 0.1) is 5.41 Å². The molecule has 126 valence electrons. The molecule has 24 heavy (non-hydrogen) atoms. The molecule has 4 nitrogen and oxygen atoms in total. The van der Waals surface area contributed by atoms with E-state index >= 15 is 0 Å². The zero-order chi connectivity index (χ0) is 16.4. The zero-order valence-electron chi connectivity index (χ0n) is 14.2. The molecule has 0 radical (unpaired) electrons. The summed E-state index contributed by atoms with van der Waals surface area (Å²) in [4.78, 5) is 6.90. The van der Waals surface area contributed by atoms with Crippen LogP contribution in [0.5, 0.6) is 0 Å². The molecule has 1 N–H and O–H groups in total. The average Bonchev–Trinajstić information content (AvgIpc) is 3.00. The third-order valence-electron chi connectivity index (χ3n) is 5.23. The van der Waals surface area contributed by atoms with Gasteiger partial charge in [0.25, 0.3) is 0 Å². The van der Waals surface area contributed by atoms with Gasteiger partial charge in [-0.15, -0.1) is 0 Å². The van der Waals surface area contributed by atoms with E-state index in [-0.39, 0.29) is 0 Å². The highest BCUT2D eigenvalue weighted by molar-refractivity contribution is 5.43. The average molecular weight is 323 g/mol. The molecule has 1 aromatic carbocycles. The first-order chi connectivity index (χ1) is 11.8. The van der Waals surface area contributed by atoms with Gasteiger partial charge in [-0.1, -0.05) is 36.4 Å². The molecular formula is C20H25N3O. The molecule has 0 saturated carbocycles. The SMILES string of the molecule is CNc1ncccc1CN1CC2(COC(Cc3ccccc3)C2)C1. The first-order valence-electron chi connectivity index (χ1n) is 8.76. The molecular weight excluding hydrogens is 298 g/mol. The van der Waals surface area contributed by atoms with E-state index in [1.807, 2.05) is 19.3 Å². The van der Waals surface area contributed by atoms with E-state index in [1.54, 1.807) is 0 Å². The van der Waals surface area contributed by atoms with Gasteiger partial charge in [-0.2, -0.15) is 0 Å². The van der Waals surface area contributed by atoms with E-state index < -0.39 is 0 Å². The van der Waals surface area contributed by atoms with Gasteiger partial charge in [0.2, 0.25) is 0 Å². The highest BCUT2D eigenvalue weighted by Gasteiger charge is 2.48. The van der Waals surface area contributed by atoms with Gasteiger partial charge < -0.3 is 10.1 Å². The van der Waals surface area contributed by atoms with Crippen LogP contribution in [-0.2, 0) is 17.7 Å². The molecule has 2 saturated heterocycles. The Morgan fingerprint density at radius 2 is 2.04 bits per heavy atom. The topological polar surface area (TPSA) is 37.4 Å². The number of pyridine rings is 1. The molecule has 2 aromatic rings. The van der Waals surface area contributed by atoms with Crippen molar-refractivity contribution in [1.29, 1.82) is 0 Å². The number of rotatable bonds is 5. The Hall–Kier alpha value is -1.91. The van der Waals surface area contributed by atoms with Crippen LogP contribution in [-0.4, -0.2) is 42.7 Å². The van der Waals surface area contributed by atoms with Crippen molar-refractivity contribution in [3.05, 3.63) is 59.8 Å². The van der Waals surface area contributed by atoms with E-state index in [4.69, 9.17) is 4.74 Å². The van der Waals surface area contributed by atoms with Crippen molar-refractivity contribution in [2.24, 2.45) is 5.41 Å².